The first-order valence-corrected chi connectivity index (χ1v) is 5.06. The van der Waals surface area contributed by atoms with Crippen molar-refractivity contribution in [3.8, 4) is 5.75 Å². The number of non-ortho nitro benzene ring substituents is 1. The van der Waals surface area contributed by atoms with Gasteiger partial charge in [-0.2, -0.15) is 4.37 Å². The predicted octanol–water partition coefficient (Wildman–Crippen LogP) is 2.87. The topological polar surface area (TPSA) is 65.3 Å². The number of benzene rings is 1. The molecule has 1 heterocycles. The molecule has 0 fully saturated rings. The van der Waals surface area contributed by atoms with Crippen molar-refractivity contribution < 1.29 is 9.66 Å². The molecule has 78 valence electrons. The molecule has 0 aliphatic carbocycles. The van der Waals surface area contributed by atoms with Crippen LogP contribution in [0, 0.1) is 10.1 Å². The summed E-state index contributed by atoms with van der Waals surface area (Å²) in [6, 6.07) is 2.77. The van der Waals surface area contributed by atoms with E-state index in [2.05, 4.69) is 4.37 Å². The summed E-state index contributed by atoms with van der Waals surface area (Å²) in [6.45, 7) is 0. The molecule has 0 unspecified atom stereocenters. The van der Waals surface area contributed by atoms with E-state index in [1.807, 2.05) is 0 Å². The number of nitrogens with zero attached hydrogens (tertiary/aromatic N) is 2. The number of methoxy groups -OCH3 is 1. The van der Waals surface area contributed by atoms with Crippen LogP contribution < -0.4 is 4.74 Å². The summed E-state index contributed by atoms with van der Waals surface area (Å²) >= 11 is 6.95. The van der Waals surface area contributed by atoms with Gasteiger partial charge in [-0.1, -0.05) is 11.6 Å². The Labute approximate surface area is 93.5 Å². The van der Waals surface area contributed by atoms with E-state index in [-0.39, 0.29) is 5.69 Å². The van der Waals surface area contributed by atoms with E-state index < -0.39 is 4.92 Å². The lowest BCUT2D eigenvalue weighted by Gasteiger charge is -2.01. The highest BCUT2D eigenvalue weighted by molar-refractivity contribution is 7.13. The molecule has 0 amide bonds. The average molecular weight is 245 g/mol. The van der Waals surface area contributed by atoms with Gasteiger partial charge in [0.25, 0.3) is 5.69 Å². The summed E-state index contributed by atoms with van der Waals surface area (Å²) in [6.07, 6.45) is 0. The van der Waals surface area contributed by atoms with E-state index in [1.54, 1.807) is 0 Å². The lowest BCUT2D eigenvalue weighted by atomic mass is 10.2. The molecule has 0 saturated heterocycles. The molecule has 0 saturated carbocycles. The Hall–Kier alpha value is -1.40. The van der Waals surface area contributed by atoms with Crippen LogP contribution in [0.1, 0.15) is 0 Å². The zero-order valence-electron chi connectivity index (χ0n) is 7.56. The maximum Gasteiger partial charge on any atom is 0.274 e. The third-order valence-corrected chi connectivity index (χ3v) is 3.08. The van der Waals surface area contributed by atoms with Crippen molar-refractivity contribution >= 4 is 38.9 Å². The molecule has 0 N–H and O–H groups in total. The second kappa shape index (κ2) is 3.63. The van der Waals surface area contributed by atoms with Gasteiger partial charge in [-0.3, -0.25) is 10.1 Å². The SMILES string of the molecule is COc1cc([N+](=O)[O-])cc2snc(Cl)c12. The van der Waals surface area contributed by atoms with Crippen LogP contribution in [0.3, 0.4) is 0 Å². The van der Waals surface area contributed by atoms with Gasteiger partial charge in [0.05, 0.1) is 28.2 Å². The Morgan fingerprint density at radius 1 is 1.60 bits per heavy atom. The maximum atomic E-state index is 10.6. The zero-order chi connectivity index (χ0) is 11.0. The Morgan fingerprint density at radius 3 is 2.93 bits per heavy atom. The van der Waals surface area contributed by atoms with E-state index in [4.69, 9.17) is 16.3 Å². The van der Waals surface area contributed by atoms with Crippen molar-refractivity contribution in [1.82, 2.24) is 4.37 Å². The highest BCUT2D eigenvalue weighted by Gasteiger charge is 2.16. The molecular formula is C8H5ClN2O3S. The van der Waals surface area contributed by atoms with Crippen LogP contribution in [0.4, 0.5) is 5.69 Å². The lowest BCUT2D eigenvalue weighted by Crippen LogP contribution is -1.90. The second-order valence-corrected chi connectivity index (χ2v) is 3.91. The van der Waals surface area contributed by atoms with E-state index >= 15 is 0 Å². The highest BCUT2D eigenvalue weighted by Crippen LogP contribution is 2.37. The van der Waals surface area contributed by atoms with Crippen LogP contribution in [0.5, 0.6) is 5.75 Å². The maximum absolute atomic E-state index is 10.6. The van der Waals surface area contributed by atoms with Crippen LogP contribution >= 0.6 is 23.1 Å². The van der Waals surface area contributed by atoms with Gasteiger partial charge >= 0.3 is 0 Å². The molecule has 0 radical (unpaired) electrons. The van der Waals surface area contributed by atoms with E-state index in [0.29, 0.717) is 21.0 Å². The molecular weight excluding hydrogens is 240 g/mol. The standard InChI is InChI=1S/C8H5ClN2O3S/c1-14-5-2-4(11(12)13)3-6-7(5)8(9)10-15-6/h2-3H,1H3. The van der Waals surface area contributed by atoms with Crippen molar-refractivity contribution in [2.75, 3.05) is 7.11 Å². The Balaban J connectivity index is 2.79. The normalized spacial score (nSPS) is 10.5. The first-order chi connectivity index (χ1) is 7.13. The Kier molecular flexibility index (Phi) is 2.45. The van der Waals surface area contributed by atoms with Crippen molar-refractivity contribution in [2.45, 2.75) is 0 Å². The molecule has 15 heavy (non-hydrogen) atoms. The number of hydrogen-bond donors (Lipinski definition) is 0. The number of aromatic nitrogens is 1. The van der Waals surface area contributed by atoms with Crippen molar-refractivity contribution in [2.24, 2.45) is 0 Å². The van der Waals surface area contributed by atoms with Gasteiger partial charge in [0.15, 0.2) is 5.15 Å². The fraction of sp³-hybridized carbons (Fsp3) is 0.125. The predicted molar refractivity (Wildman–Crippen MR) is 57.8 cm³/mol. The largest absolute Gasteiger partial charge is 0.496 e. The highest BCUT2D eigenvalue weighted by atomic mass is 35.5. The number of fused-ring (bicyclic) bond motifs is 1. The number of nitro groups is 1. The van der Waals surface area contributed by atoms with Gasteiger partial charge in [0.2, 0.25) is 0 Å². The fourth-order valence-electron chi connectivity index (χ4n) is 1.25. The van der Waals surface area contributed by atoms with E-state index in [9.17, 15) is 10.1 Å². The van der Waals surface area contributed by atoms with E-state index in [1.165, 1.54) is 19.2 Å². The number of hydrogen-bond acceptors (Lipinski definition) is 5. The molecule has 0 atom stereocenters. The van der Waals surface area contributed by atoms with Crippen molar-refractivity contribution in [1.29, 1.82) is 0 Å². The summed E-state index contributed by atoms with van der Waals surface area (Å²) in [5.74, 6) is 0.373. The number of halogens is 1. The molecule has 0 spiro atoms. The van der Waals surface area contributed by atoms with E-state index in [0.717, 1.165) is 11.5 Å². The minimum absolute atomic E-state index is 0.0281. The lowest BCUT2D eigenvalue weighted by molar-refractivity contribution is -0.384. The first kappa shape index (κ1) is 10.1. The van der Waals surface area contributed by atoms with Gasteiger partial charge in [0.1, 0.15) is 5.75 Å². The Bertz CT molecular complexity index is 540. The Morgan fingerprint density at radius 2 is 2.33 bits per heavy atom. The van der Waals surface area contributed by atoms with Crippen LogP contribution in [-0.2, 0) is 0 Å². The molecule has 1 aromatic heterocycles. The fourth-order valence-corrected chi connectivity index (χ4v) is 2.34. The summed E-state index contributed by atoms with van der Waals surface area (Å²) in [4.78, 5) is 10.1. The van der Waals surface area contributed by atoms with Crippen molar-refractivity contribution in [3.05, 3.63) is 27.4 Å². The molecule has 7 heteroatoms. The summed E-state index contributed by atoms with van der Waals surface area (Å²) < 4.78 is 9.59. The first-order valence-electron chi connectivity index (χ1n) is 3.91. The van der Waals surface area contributed by atoms with Gasteiger partial charge in [-0.05, 0) is 11.5 Å². The van der Waals surface area contributed by atoms with Crippen molar-refractivity contribution in [3.63, 3.8) is 0 Å². The molecule has 1 aromatic carbocycles. The summed E-state index contributed by atoms with van der Waals surface area (Å²) in [5.41, 5.74) is -0.0281. The number of ether oxygens (including phenoxy) is 1. The third kappa shape index (κ3) is 1.62. The van der Waals surface area contributed by atoms with Gasteiger partial charge in [-0.15, -0.1) is 0 Å². The zero-order valence-corrected chi connectivity index (χ0v) is 9.13. The summed E-state index contributed by atoms with van der Waals surface area (Å²) in [5, 5.41) is 11.5. The monoisotopic (exact) mass is 244 g/mol. The minimum atomic E-state index is -0.477. The van der Waals surface area contributed by atoms with Crippen LogP contribution in [0.15, 0.2) is 12.1 Å². The minimum Gasteiger partial charge on any atom is -0.496 e. The molecule has 0 aliphatic heterocycles. The molecule has 0 bridgehead atoms. The number of rotatable bonds is 2. The van der Waals surface area contributed by atoms with Gasteiger partial charge in [0, 0.05) is 6.07 Å². The van der Waals surface area contributed by atoms with Crippen LogP contribution in [-0.4, -0.2) is 16.4 Å². The molecule has 2 aromatic rings. The smallest absolute Gasteiger partial charge is 0.274 e. The molecule has 5 nitrogen and oxygen atoms in total. The summed E-state index contributed by atoms with van der Waals surface area (Å²) in [7, 11) is 1.44. The number of nitro benzene ring substituents is 1. The quantitative estimate of drug-likeness (QED) is 0.602. The van der Waals surface area contributed by atoms with Crippen LogP contribution in [0.25, 0.3) is 10.1 Å². The molecule has 0 aliphatic rings. The van der Waals surface area contributed by atoms with Gasteiger partial charge < -0.3 is 4.74 Å². The molecule has 2 rings (SSSR count). The average Bonchev–Trinajstić information content (AvgIpc) is 2.59. The third-order valence-electron chi connectivity index (χ3n) is 1.91. The van der Waals surface area contributed by atoms with Crippen LogP contribution in [0.2, 0.25) is 5.15 Å². The second-order valence-electron chi connectivity index (χ2n) is 2.75. The van der Waals surface area contributed by atoms with Gasteiger partial charge in [-0.25, -0.2) is 0 Å².